The number of carbonyl (C=O) groups is 1. The Bertz CT molecular complexity index is 1530. The largest absolute Gasteiger partial charge is 0.390 e. The molecule has 6 rings (SSSR count). The Kier molecular flexibility index (Phi) is 9.31. The van der Waals surface area contributed by atoms with E-state index >= 15 is 4.39 Å². The highest BCUT2D eigenvalue weighted by Crippen LogP contribution is 2.58. The Morgan fingerprint density at radius 3 is 2.48 bits per heavy atom. The molecule has 2 aromatic rings. The summed E-state index contributed by atoms with van der Waals surface area (Å²) < 4.78 is 34.6. The minimum atomic E-state index is -0.606. The van der Waals surface area contributed by atoms with Crippen molar-refractivity contribution in [3.05, 3.63) is 69.2 Å². The summed E-state index contributed by atoms with van der Waals surface area (Å²) in [5, 5.41) is 0.753. The van der Waals surface area contributed by atoms with Gasteiger partial charge in [0.15, 0.2) is 0 Å². The molecule has 3 heterocycles. The quantitative estimate of drug-likeness (QED) is 0.307. The molecular formula is C36H46ClF2N5O2. The number of carbonyl (C=O) groups excluding carboxylic acids is 1. The lowest BCUT2D eigenvalue weighted by molar-refractivity contribution is -0.137. The van der Waals surface area contributed by atoms with Gasteiger partial charge < -0.3 is 15.4 Å². The maximum atomic E-state index is 15.2. The molecule has 2 N–H and O–H groups in total. The van der Waals surface area contributed by atoms with Crippen LogP contribution in [-0.4, -0.2) is 80.4 Å². The third-order valence-corrected chi connectivity index (χ3v) is 11.9. The molecule has 3 fully saturated rings. The lowest BCUT2D eigenvalue weighted by Gasteiger charge is -2.42. The number of nitrogens with two attached hydrogens (primary N) is 1. The van der Waals surface area contributed by atoms with Crippen LogP contribution in [-0.2, 0) is 14.9 Å². The molecule has 1 unspecified atom stereocenters. The zero-order valence-electron chi connectivity index (χ0n) is 27.4. The molecular weight excluding hydrogens is 608 g/mol. The van der Waals surface area contributed by atoms with Crippen molar-refractivity contribution < 1.29 is 18.3 Å². The van der Waals surface area contributed by atoms with Gasteiger partial charge in [0.05, 0.1) is 12.3 Å². The first-order valence-electron chi connectivity index (χ1n) is 16.6. The number of likely N-dealkylation sites (tertiary alicyclic amines) is 2. The fraction of sp³-hybridized carbons (Fsp3) is 0.583. The third kappa shape index (κ3) is 5.88. The molecule has 10 heteroatoms. The summed E-state index contributed by atoms with van der Waals surface area (Å²) >= 11 is 6.74. The third-order valence-electron chi connectivity index (χ3n) is 11.5. The summed E-state index contributed by atoms with van der Waals surface area (Å²) in [5.41, 5.74) is 9.20. The number of ether oxygens (including phenoxy) is 1. The van der Waals surface area contributed by atoms with E-state index in [9.17, 15) is 9.18 Å². The smallest absolute Gasteiger partial charge is 0.227 e. The molecule has 1 aliphatic carbocycles. The van der Waals surface area contributed by atoms with Gasteiger partial charge in [0.1, 0.15) is 17.5 Å². The first-order valence-corrected chi connectivity index (χ1v) is 16.9. The second-order valence-electron chi connectivity index (χ2n) is 14.3. The van der Waals surface area contributed by atoms with Crippen molar-refractivity contribution in [2.75, 3.05) is 46.4 Å². The zero-order valence-corrected chi connectivity index (χ0v) is 28.1. The van der Waals surface area contributed by atoms with Crippen LogP contribution in [0.25, 0.3) is 0 Å². The van der Waals surface area contributed by atoms with Crippen molar-refractivity contribution in [2.45, 2.75) is 76.2 Å². The Morgan fingerprint density at radius 2 is 1.83 bits per heavy atom. The van der Waals surface area contributed by atoms with E-state index in [4.69, 9.17) is 22.1 Å². The minimum absolute atomic E-state index is 0.0628. The van der Waals surface area contributed by atoms with Gasteiger partial charge in [-0.05, 0) is 84.7 Å². The molecule has 3 atom stereocenters. The molecule has 248 valence electrons. The summed E-state index contributed by atoms with van der Waals surface area (Å²) in [6, 6.07) is 8.43. The first-order chi connectivity index (χ1) is 22.0. The Balaban J connectivity index is 1.26. The molecule has 2 aromatic carbocycles. The van der Waals surface area contributed by atoms with Gasteiger partial charge in [0.25, 0.3) is 0 Å². The van der Waals surface area contributed by atoms with Gasteiger partial charge in [-0.1, -0.05) is 37.6 Å². The zero-order chi connectivity index (χ0) is 32.8. The van der Waals surface area contributed by atoms with Gasteiger partial charge in [-0.15, -0.1) is 0 Å². The predicted octanol–water partition coefficient (Wildman–Crippen LogP) is 6.21. The number of aliphatic imine (C=N–C) groups is 2. The average Bonchev–Trinajstić information content (AvgIpc) is 3.61. The number of nitrogens with zero attached hydrogens (tertiary/aromatic N) is 4. The van der Waals surface area contributed by atoms with Gasteiger partial charge in [-0.25, -0.2) is 13.8 Å². The molecule has 7 nitrogen and oxygen atoms in total. The van der Waals surface area contributed by atoms with Crippen LogP contribution in [0.2, 0.25) is 5.02 Å². The maximum Gasteiger partial charge on any atom is 0.227 e. The summed E-state index contributed by atoms with van der Waals surface area (Å²) in [7, 11) is 1.75. The van der Waals surface area contributed by atoms with Gasteiger partial charge in [0, 0.05) is 74.9 Å². The molecule has 1 amide bonds. The molecule has 0 radical (unpaired) electrons. The van der Waals surface area contributed by atoms with Crippen molar-refractivity contribution in [1.82, 2.24) is 9.80 Å². The van der Waals surface area contributed by atoms with Gasteiger partial charge in [-0.3, -0.25) is 14.7 Å². The molecule has 4 aliphatic rings. The van der Waals surface area contributed by atoms with Crippen LogP contribution < -0.4 is 5.73 Å². The molecule has 3 saturated heterocycles. The van der Waals surface area contributed by atoms with E-state index in [0.29, 0.717) is 56.8 Å². The monoisotopic (exact) mass is 653 g/mol. The van der Waals surface area contributed by atoms with E-state index in [2.05, 4.69) is 40.9 Å². The standard InChI is InChI=1S/C36H46ClF2N5O2/c1-22-15-26-29(17-31(22)37)36(18-30(26)35(2,3)34(41-4)42-21-40)9-11-43(12-10-36)33(45)28-20-44(24-7-13-46-14-8-24)19-27(28)25-6-5-23(38)16-32(25)39/h5-6,15-17,21,24,27-28,30H,7-14,18-20H2,1-4H3,(H2,40,41,42)/t27-,28+,30?/m0/s1. The predicted molar refractivity (Wildman–Crippen MR) is 179 cm³/mol. The van der Waals surface area contributed by atoms with Gasteiger partial charge in [0.2, 0.25) is 5.91 Å². The van der Waals surface area contributed by atoms with E-state index < -0.39 is 17.6 Å². The Morgan fingerprint density at radius 1 is 1.11 bits per heavy atom. The number of rotatable bonds is 5. The maximum absolute atomic E-state index is 15.2. The minimum Gasteiger partial charge on any atom is -0.390 e. The first kappa shape index (κ1) is 33.0. The van der Waals surface area contributed by atoms with Crippen LogP contribution in [0.3, 0.4) is 0 Å². The van der Waals surface area contributed by atoms with Crippen molar-refractivity contribution in [3.8, 4) is 0 Å². The number of piperidine rings is 1. The van der Waals surface area contributed by atoms with Crippen LogP contribution in [0, 0.1) is 29.9 Å². The van der Waals surface area contributed by atoms with Gasteiger partial charge in [-0.2, -0.15) is 0 Å². The fourth-order valence-electron chi connectivity index (χ4n) is 8.86. The lowest BCUT2D eigenvalue weighted by Crippen LogP contribution is -2.48. The summed E-state index contributed by atoms with van der Waals surface area (Å²) in [6.07, 6.45) is 5.62. The molecule has 46 heavy (non-hydrogen) atoms. The highest BCUT2D eigenvalue weighted by Gasteiger charge is 2.52. The van der Waals surface area contributed by atoms with E-state index in [1.807, 2.05) is 11.8 Å². The Hall–Kier alpha value is -2.88. The van der Waals surface area contributed by atoms with E-state index in [-0.39, 0.29) is 28.6 Å². The second kappa shape index (κ2) is 13.0. The van der Waals surface area contributed by atoms with Crippen molar-refractivity contribution in [2.24, 2.45) is 27.1 Å². The molecule has 0 bridgehead atoms. The van der Waals surface area contributed by atoms with Crippen LogP contribution in [0.5, 0.6) is 0 Å². The summed E-state index contributed by atoms with van der Waals surface area (Å²) in [5.74, 6) is -0.992. The highest BCUT2D eigenvalue weighted by molar-refractivity contribution is 6.31. The van der Waals surface area contributed by atoms with E-state index in [0.717, 1.165) is 48.8 Å². The number of aryl methyl sites for hydroxylation is 1. The number of benzene rings is 2. The van der Waals surface area contributed by atoms with Crippen molar-refractivity contribution in [1.29, 1.82) is 0 Å². The lowest BCUT2D eigenvalue weighted by atomic mass is 9.69. The SMILES string of the molecule is CN=C(N=CN)C(C)(C)C1CC2(CCN(C(=O)[C@@H]3CN(C4CCOCC4)C[C@H]3c3ccc(F)cc3F)CC2)c2cc(Cl)c(C)cc21. The number of hydrogen-bond donors (Lipinski definition) is 1. The van der Waals surface area contributed by atoms with Crippen molar-refractivity contribution >= 4 is 29.7 Å². The molecule has 0 saturated carbocycles. The van der Waals surface area contributed by atoms with E-state index in [1.54, 1.807) is 7.05 Å². The number of amidine groups is 1. The number of amides is 1. The topological polar surface area (TPSA) is 83.5 Å². The Labute approximate surface area is 276 Å². The molecule has 0 aromatic heterocycles. The highest BCUT2D eigenvalue weighted by atomic mass is 35.5. The second-order valence-corrected chi connectivity index (χ2v) is 14.7. The summed E-state index contributed by atoms with van der Waals surface area (Å²) in [6.45, 7) is 10.1. The summed E-state index contributed by atoms with van der Waals surface area (Å²) in [4.78, 5) is 27.6. The average molecular weight is 654 g/mol. The fourth-order valence-corrected chi connectivity index (χ4v) is 9.02. The number of hydrogen-bond acceptors (Lipinski definition) is 4. The van der Waals surface area contributed by atoms with Crippen LogP contribution >= 0.6 is 11.6 Å². The van der Waals surface area contributed by atoms with Gasteiger partial charge >= 0.3 is 0 Å². The van der Waals surface area contributed by atoms with E-state index in [1.165, 1.54) is 29.6 Å². The van der Waals surface area contributed by atoms with Crippen LogP contribution in [0.4, 0.5) is 8.78 Å². The number of fused-ring (bicyclic) bond motifs is 2. The normalized spacial score (nSPS) is 25.9. The number of halogens is 3. The van der Waals surface area contributed by atoms with Crippen LogP contribution in [0.15, 0.2) is 40.3 Å². The molecule has 1 spiro atoms. The van der Waals surface area contributed by atoms with Crippen LogP contribution in [0.1, 0.15) is 80.0 Å². The van der Waals surface area contributed by atoms with Crippen molar-refractivity contribution in [3.63, 3.8) is 0 Å². The molecule has 3 aliphatic heterocycles.